The molecule has 0 saturated carbocycles. The molecule has 0 N–H and O–H groups in total. The Labute approximate surface area is 165 Å². The molecular formula is C23H25N3O2. The van der Waals surface area contributed by atoms with Crippen LogP contribution in [0.1, 0.15) is 36.1 Å². The maximum absolute atomic E-state index is 13.5. The van der Waals surface area contributed by atoms with Crippen molar-refractivity contribution < 1.29 is 9.59 Å². The summed E-state index contributed by atoms with van der Waals surface area (Å²) in [6.07, 6.45) is 1.96. The van der Waals surface area contributed by atoms with E-state index in [-0.39, 0.29) is 29.8 Å². The van der Waals surface area contributed by atoms with E-state index in [0.717, 1.165) is 31.5 Å². The van der Waals surface area contributed by atoms with Gasteiger partial charge >= 0.3 is 0 Å². The van der Waals surface area contributed by atoms with E-state index in [1.165, 1.54) is 16.0 Å². The number of hydrazine groups is 1. The zero-order valence-electron chi connectivity index (χ0n) is 16.3. The Morgan fingerprint density at radius 1 is 0.857 bits per heavy atom. The van der Waals surface area contributed by atoms with E-state index in [1.54, 1.807) is 0 Å². The van der Waals surface area contributed by atoms with Gasteiger partial charge in [0.1, 0.15) is 6.04 Å². The van der Waals surface area contributed by atoms with Crippen LogP contribution in [-0.2, 0) is 16.0 Å². The molecule has 0 radical (unpaired) electrons. The molecule has 0 aromatic heterocycles. The van der Waals surface area contributed by atoms with Crippen molar-refractivity contribution in [3.63, 3.8) is 0 Å². The fourth-order valence-corrected chi connectivity index (χ4v) is 5.01. The molecule has 3 fully saturated rings. The number of benzene rings is 2. The maximum atomic E-state index is 13.5. The number of anilines is 1. The third-order valence-corrected chi connectivity index (χ3v) is 6.43. The van der Waals surface area contributed by atoms with Crippen molar-refractivity contribution in [2.75, 3.05) is 18.0 Å². The van der Waals surface area contributed by atoms with E-state index in [4.69, 9.17) is 0 Å². The number of fused-ring (bicyclic) bond motifs is 3. The molecule has 3 aliphatic rings. The van der Waals surface area contributed by atoms with Crippen LogP contribution < -0.4 is 4.90 Å². The molecule has 0 aliphatic carbocycles. The van der Waals surface area contributed by atoms with Crippen molar-refractivity contribution in [3.8, 4) is 0 Å². The molecule has 5 rings (SSSR count). The second kappa shape index (κ2) is 6.54. The van der Waals surface area contributed by atoms with Gasteiger partial charge in [0, 0.05) is 13.1 Å². The van der Waals surface area contributed by atoms with Crippen molar-refractivity contribution in [2.45, 2.75) is 38.8 Å². The third-order valence-electron chi connectivity index (χ3n) is 6.43. The number of imide groups is 1. The van der Waals surface area contributed by atoms with Crippen LogP contribution in [0.2, 0.25) is 0 Å². The lowest BCUT2D eigenvalue weighted by atomic mass is 9.89. The lowest BCUT2D eigenvalue weighted by Gasteiger charge is -2.29. The highest BCUT2D eigenvalue weighted by Gasteiger charge is 2.62. The molecule has 0 unspecified atom stereocenters. The minimum Gasteiger partial charge on any atom is -0.274 e. The average Bonchev–Trinajstić information content (AvgIpc) is 3.35. The predicted octanol–water partition coefficient (Wildman–Crippen LogP) is 3.09. The molecule has 28 heavy (non-hydrogen) atoms. The van der Waals surface area contributed by atoms with Gasteiger partial charge in [-0.05, 0) is 43.0 Å². The molecule has 5 nitrogen and oxygen atoms in total. The molecule has 0 bridgehead atoms. The van der Waals surface area contributed by atoms with Gasteiger partial charge in [0.05, 0.1) is 17.6 Å². The Kier molecular flexibility index (Phi) is 4.11. The molecule has 3 saturated heterocycles. The van der Waals surface area contributed by atoms with E-state index in [0.29, 0.717) is 5.69 Å². The quantitative estimate of drug-likeness (QED) is 0.774. The van der Waals surface area contributed by atoms with Crippen LogP contribution in [0.3, 0.4) is 0 Å². The molecule has 2 amide bonds. The fourth-order valence-electron chi connectivity index (χ4n) is 5.01. The summed E-state index contributed by atoms with van der Waals surface area (Å²) in [5.41, 5.74) is 4.21. The van der Waals surface area contributed by atoms with Gasteiger partial charge in [0.15, 0.2) is 0 Å². The number of hydrogen-bond donors (Lipinski definition) is 0. The first kappa shape index (κ1) is 17.6. The lowest BCUT2D eigenvalue weighted by Crippen LogP contribution is -2.44. The Balaban J connectivity index is 1.55. The van der Waals surface area contributed by atoms with E-state index in [1.807, 2.05) is 24.3 Å². The number of amides is 2. The highest BCUT2D eigenvalue weighted by atomic mass is 16.2. The van der Waals surface area contributed by atoms with Crippen LogP contribution in [0.5, 0.6) is 0 Å². The molecule has 3 aliphatic heterocycles. The van der Waals surface area contributed by atoms with Crippen LogP contribution in [0.25, 0.3) is 0 Å². The third kappa shape index (κ3) is 2.46. The Hall–Kier alpha value is -2.50. The average molecular weight is 375 g/mol. The Morgan fingerprint density at radius 2 is 1.50 bits per heavy atom. The fraction of sp³-hybridized carbons (Fsp3) is 0.391. The summed E-state index contributed by atoms with van der Waals surface area (Å²) in [6.45, 7) is 5.90. The second-order valence-corrected chi connectivity index (χ2v) is 8.04. The summed E-state index contributed by atoms with van der Waals surface area (Å²) in [5.74, 6) is -0.499. The summed E-state index contributed by atoms with van der Waals surface area (Å²) in [4.78, 5) is 28.3. The largest absolute Gasteiger partial charge is 0.274 e. The smallest absolute Gasteiger partial charge is 0.253 e. The molecule has 2 aromatic rings. The second-order valence-electron chi connectivity index (χ2n) is 8.04. The monoisotopic (exact) mass is 375 g/mol. The van der Waals surface area contributed by atoms with E-state index in [2.05, 4.69) is 48.1 Å². The van der Waals surface area contributed by atoms with Crippen molar-refractivity contribution in [1.82, 2.24) is 10.0 Å². The molecule has 3 atom stereocenters. The van der Waals surface area contributed by atoms with Gasteiger partial charge < -0.3 is 0 Å². The minimum absolute atomic E-state index is 0.0653. The van der Waals surface area contributed by atoms with Crippen LogP contribution in [0.4, 0.5) is 5.69 Å². The van der Waals surface area contributed by atoms with Crippen molar-refractivity contribution >= 4 is 17.5 Å². The number of nitrogens with zero attached hydrogens (tertiary/aromatic N) is 3. The summed E-state index contributed by atoms with van der Waals surface area (Å²) >= 11 is 0. The first-order valence-corrected chi connectivity index (χ1v) is 10.2. The highest BCUT2D eigenvalue weighted by molar-refractivity contribution is 6.24. The summed E-state index contributed by atoms with van der Waals surface area (Å²) in [6, 6.07) is 15.8. The van der Waals surface area contributed by atoms with E-state index >= 15 is 0 Å². The molecule has 144 valence electrons. The van der Waals surface area contributed by atoms with E-state index in [9.17, 15) is 9.59 Å². The van der Waals surface area contributed by atoms with Gasteiger partial charge in [0.2, 0.25) is 5.91 Å². The molecular weight excluding hydrogens is 350 g/mol. The summed E-state index contributed by atoms with van der Waals surface area (Å²) in [5, 5.41) is 4.41. The first-order chi connectivity index (χ1) is 13.6. The first-order valence-electron chi connectivity index (χ1n) is 10.2. The number of carbonyl (C=O) groups excluding carboxylic acids is 2. The Bertz CT molecular complexity index is 922. The van der Waals surface area contributed by atoms with Crippen LogP contribution in [0.15, 0.2) is 48.5 Å². The van der Waals surface area contributed by atoms with Crippen LogP contribution in [-0.4, -0.2) is 41.0 Å². The molecule has 3 heterocycles. The van der Waals surface area contributed by atoms with Crippen LogP contribution in [0, 0.1) is 12.8 Å². The molecule has 0 spiro atoms. The molecule has 2 aromatic carbocycles. The predicted molar refractivity (Wildman–Crippen MR) is 108 cm³/mol. The van der Waals surface area contributed by atoms with Crippen molar-refractivity contribution in [1.29, 1.82) is 0 Å². The van der Waals surface area contributed by atoms with Crippen molar-refractivity contribution in [3.05, 3.63) is 65.2 Å². The Morgan fingerprint density at radius 3 is 2.14 bits per heavy atom. The lowest BCUT2D eigenvalue weighted by molar-refractivity contribution is -0.126. The topological polar surface area (TPSA) is 43.9 Å². The number of hydrogen-bond acceptors (Lipinski definition) is 4. The SMILES string of the molecule is CCc1ccc(N2C(=O)[C@H]3[C@@H](C2=O)N2CCCN2[C@@H]3c2ccc(C)cc2)cc1. The van der Waals surface area contributed by atoms with Crippen LogP contribution >= 0.6 is 0 Å². The van der Waals surface area contributed by atoms with Gasteiger partial charge in [0.25, 0.3) is 5.91 Å². The van der Waals surface area contributed by atoms with Gasteiger partial charge in [-0.1, -0.05) is 48.9 Å². The minimum atomic E-state index is -0.382. The number of rotatable bonds is 3. The van der Waals surface area contributed by atoms with E-state index < -0.39 is 0 Å². The number of aryl methyl sites for hydroxylation is 2. The van der Waals surface area contributed by atoms with Gasteiger partial charge in [-0.3, -0.25) is 9.59 Å². The zero-order valence-corrected chi connectivity index (χ0v) is 16.3. The summed E-state index contributed by atoms with van der Waals surface area (Å²) < 4.78 is 0. The normalized spacial score (nSPS) is 27.5. The van der Waals surface area contributed by atoms with Gasteiger partial charge in [-0.2, -0.15) is 0 Å². The van der Waals surface area contributed by atoms with Gasteiger partial charge in [-0.15, -0.1) is 0 Å². The van der Waals surface area contributed by atoms with Gasteiger partial charge in [-0.25, -0.2) is 14.9 Å². The standard InChI is InChI=1S/C23H25N3O2/c1-3-16-7-11-18(12-8-16)26-22(27)19-20(17-9-5-15(2)6-10-17)24-13-4-14-25(24)21(19)23(26)28/h5-12,19-21H,3-4,13-14H2,1-2H3/t19-,20-,21+/m1/s1. The highest BCUT2D eigenvalue weighted by Crippen LogP contribution is 2.48. The van der Waals surface area contributed by atoms with Crippen molar-refractivity contribution in [2.24, 2.45) is 5.92 Å². The maximum Gasteiger partial charge on any atom is 0.253 e. The number of carbonyl (C=O) groups is 2. The molecule has 5 heteroatoms. The zero-order chi connectivity index (χ0) is 19.4. The summed E-state index contributed by atoms with van der Waals surface area (Å²) in [7, 11) is 0.